The summed E-state index contributed by atoms with van der Waals surface area (Å²) in [4.78, 5) is 12.4. The monoisotopic (exact) mass is 338 g/mol. The zero-order valence-corrected chi connectivity index (χ0v) is 15.7. The first kappa shape index (κ1) is 19.6. The maximum absolute atomic E-state index is 12.4. The number of carbonyl (C=O) groups excluding carboxylic acids is 1. The molecule has 4 heteroatoms. The minimum Gasteiger partial charge on any atom is -0.387 e. The lowest BCUT2D eigenvalue weighted by Gasteiger charge is -2.63. The minimum absolute atomic E-state index is 0.159. The molecule has 2 aliphatic rings. The fourth-order valence-electron chi connectivity index (χ4n) is 5.20. The van der Waals surface area contributed by atoms with Gasteiger partial charge in [0.25, 0.3) is 0 Å². The van der Waals surface area contributed by atoms with Crippen LogP contribution in [0.4, 0.5) is 0 Å². The summed E-state index contributed by atoms with van der Waals surface area (Å²) in [5.41, 5.74) is -1.69. The van der Waals surface area contributed by atoms with Gasteiger partial charge in [-0.15, -0.1) is 0 Å². The number of aliphatic hydroxyl groups is 3. The molecule has 1 unspecified atom stereocenters. The van der Waals surface area contributed by atoms with Gasteiger partial charge in [-0.05, 0) is 48.3 Å². The summed E-state index contributed by atoms with van der Waals surface area (Å²) in [5, 5.41) is 32.2. The Bertz CT molecular complexity index is 496. The Morgan fingerprint density at radius 2 is 1.88 bits per heavy atom. The van der Waals surface area contributed by atoms with Crippen LogP contribution in [-0.4, -0.2) is 33.5 Å². The lowest BCUT2D eigenvalue weighted by molar-refractivity contribution is -0.344. The average Bonchev–Trinajstić information content (AvgIpc) is 2.50. The molecule has 0 amide bonds. The summed E-state index contributed by atoms with van der Waals surface area (Å²) < 4.78 is 0. The molecule has 0 heterocycles. The molecule has 0 saturated heterocycles. The first-order chi connectivity index (χ1) is 11.0. The van der Waals surface area contributed by atoms with E-state index in [1.807, 2.05) is 19.9 Å². The van der Waals surface area contributed by atoms with Gasteiger partial charge in [0.2, 0.25) is 5.79 Å². The van der Waals surface area contributed by atoms with Crippen LogP contribution in [0.2, 0.25) is 0 Å². The third kappa shape index (κ3) is 2.77. The van der Waals surface area contributed by atoms with E-state index >= 15 is 0 Å². The van der Waals surface area contributed by atoms with Gasteiger partial charge >= 0.3 is 0 Å². The highest BCUT2D eigenvalue weighted by Gasteiger charge is 2.69. The van der Waals surface area contributed by atoms with Crippen molar-refractivity contribution in [2.75, 3.05) is 0 Å². The van der Waals surface area contributed by atoms with E-state index in [0.29, 0.717) is 5.92 Å². The van der Waals surface area contributed by atoms with Crippen molar-refractivity contribution in [2.45, 2.75) is 72.2 Å². The second-order valence-corrected chi connectivity index (χ2v) is 8.89. The van der Waals surface area contributed by atoms with E-state index in [4.69, 9.17) is 0 Å². The summed E-state index contributed by atoms with van der Waals surface area (Å²) in [6.07, 6.45) is 6.51. The highest BCUT2D eigenvalue weighted by molar-refractivity contribution is 5.65. The topological polar surface area (TPSA) is 77.8 Å². The van der Waals surface area contributed by atoms with Crippen molar-refractivity contribution in [1.82, 2.24) is 0 Å². The number of aldehydes is 1. The molecule has 2 aliphatic carbocycles. The van der Waals surface area contributed by atoms with E-state index in [9.17, 15) is 20.1 Å². The van der Waals surface area contributed by atoms with Crippen molar-refractivity contribution in [3.05, 3.63) is 12.2 Å². The van der Waals surface area contributed by atoms with Gasteiger partial charge in [0.1, 0.15) is 12.4 Å². The van der Waals surface area contributed by atoms with Crippen molar-refractivity contribution in [1.29, 1.82) is 0 Å². The van der Waals surface area contributed by atoms with Crippen LogP contribution in [0.5, 0.6) is 0 Å². The van der Waals surface area contributed by atoms with Crippen LogP contribution in [-0.2, 0) is 4.79 Å². The maximum atomic E-state index is 12.4. The lowest BCUT2D eigenvalue weighted by atomic mass is 9.43. The molecule has 138 valence electrons. The van der Waals surface area contributed by atoms with Gasteiger partial charge in [-0.25, -0.2) is 0 Å². The van der Waals surface area contributed by atoms with E-state index in [2.05, 4.69) is 26.8 Å². The van der Waals surface area contributed by atoms with Crippen molar-refractivity contribution in [3.8, 4) is 0 Å². The molecule has 0 aliphatic heterocycles. The molecule has 0 bridgehead atoms. The molecule has 0 aromatic heterocycles. The molecule has 2 rings (SSSR count). The summed E-state index contributed by atoms with van der Waals surface area (Å²) in [7, 11) is 0. The van der Waals surface area contributed by atoms with Crippen LogP contribution in [0.1, 0.15) is 60.3 Å². The van der Waals surface area contributed by atoms with E-state index < -0.39 is 17.3 Å². The zero-order valence-electron chi connectivity index (χ0n) is 15.7. The van der Waals surface area contributed by atoms with Gasteiger partial charge < -0.3 is 20.1 Å². The molecule has 0 aromatic rings. The van der Waals surface area contributed by atoms with Crippen molar-refractivity contribution < 1.29 is 20.1 Å². The summed E-state index contributed by atoms with van der Waals surface area (Å²) in [5.74, 6) is -2.31. The number of rotatable bonds is 4. The molecule has 24 heavy (non-hydrogen) atoms. The van der Waals surface area contributed by atoms with Gasteiger partial charge in [-0.2, -0.15) is 0 Å². The second-order valence-electron chi connectivity index (χ2n) is 8.89. The van der Waals surface area contributed by atoms with E-state index in [1.165, 1.54) is 0 Å². The largest absolute Gasteiger partial charge is 0.387 e. The van der Waals surface area contributed by atoms with Crippen molar-refractivity contribution >= 4 is 6.29 Å². The van der Waals surface area contributed by atoms with Crippen LogP contribution in [0.25, 0.3) is 0 Å². The highest BCUT2D eigenvalue weighted by Crippen LogP contribution is 2.63. The molecular weight excluding hydrogens is 304 g/mol. The van der Waals surface area contributed by atoms with E-state index in [0.717, 1.165) is 25.5 Å². The summed E-state index contributed by atoms with van der Waals surface area (Å²) in [6, 6.07) is 0. The first-order valence-corrected chi connectivity index (χ1v) is 9.32. The van der Waals surface area contributed by atoms with E-state index in [-0.39, 0.29) is 29.6 Å². The smallest absolute Gasteiger partial charge is 0.202 e. The SMILES string of the molecule is CC[C@@H](C)/C=C\[C@H]1[C@@H](C)CC[C@H]2C(C)(C)CC(O)C(O)(O)[C@]12C=O. The van der Waals surface area contributed by atoms with Crippen LogP contribution in [0.3, 0.4) is 0 Å². The fourth-order valence-corrected chi connectivity index (χ4v) is 5.20. The maximum Gasteiger partial charge on any atom is 0.202 e. The molecular formula is C20H34O4. The Hall–Kier alpha value is -0.710. The Morgan fingerprint density at radius 3 is 2.42 bits per heavy atom. The van der Waals surface area contributed by atoms with Gasteiger partial charge in [-0.3, -0.25) is 0 Å². The molecule has 6 atom stereocenters. The number of aliphatic hydroxyl groups excluding tert-OH is 1. The summed E-state index contributed by atoms with van der Waals surface area (Å²) in [6.45, 7) is 10.3. The fraction of sp³-hybridized carbons (Fsp3) is 0.850. The number of carbonyl (C=O) groups is 1. The van der Waals surface area contributed by atoms with Gasteiger partial charge in [0.05, 0.1) is 5.41 Å². The van der Waals surface area contributed by atoms with Crippen molar-refractivity contribution in [2.24, 2.45) is 34.5 Å². The predicted octanol–water partition coefficient (Wildman–Crippen LogP) is 2.91. The minimum atomic E-state index is -2.39. The molecule has 0 spiro atoms. The number of fused-ring (bicyclic) bond motifs is 1. The number of hydrogen-bond donors (Lipinski definition) is 3. The Labute approximate surface area is 146 Å². The quantitative estimate of drug-likeness (QED) is 0.418. The standard InChI is InChI=1S/C20H34O4/c1-6-13(2)7-9-15-14(3)8-10-16-18(4,5)11-17(22)20(23,24)19(15,16)12-21/h7,9,12-17,22-24H,6,8,10-11H2,1-5H3/b9-7-/t13-,14+,15+,16+,17?,19-/m1/s1. The zero-order chi connectivity index (χ0) is 18.3. The molecule has 4 nitrogen and oxygen atoms in total. The molecule has 3 N–H and O–H groups in total. The molecule has 0 radical (unpaired) electrons. The summed E-state index contributed by atoms with van der Waals surface area (Å²) >= 11 is 0. The molecule has 2 fully saturated rings. The van der Waals surface area contributed by atoms with Crippen molar-refractivity contribution in [3.63, 3.8) is 0 Å². The average molecular weight is 338 g/mol. The molecule has 0 aromatic carbocycles. The van der Waals surface area contributed by atoms with Gasteiger partial charge in [0, 0.05) is 0 Å². The van der Waals surface area contributed by atoms with Gasteiger partial charge in [-0.1, -0.05) is 53.2 Å². The lowest BCUT2D eigenvalue weighted by Crippen LogP contribution is -2.71. The molecule has 2 saturated carbocycles. The predicted molar refractivity (Wildman–Crippen MR) is 94.0 cm³/mol. The third-order valence-corrected chi connectivity index (χ3v) is 6.90. The van der Waals surface area contributed by atoms with Crippen LogP contribution in [0, 0.1) is 34.5 Å². The van der Waals surface area contributed by atoms with Crippen LogP contribution < -0.4 is 0 Å². The number of hydrogen-bond acceptors (Lipinski definition) is 4. The van der Waals surface area contributed by atoms with Crippen LogP contribution in [0.15, 0.2) is 12.2 Å². The first-order valence-electron chi connectivity index (χ1n) is 9.32. The Balaban J connectivity index is 2.59. The normalized spacial score (nSPS) is 42.5. The Morgan fingerprint density at radius 1 is 1.25 bits per heavy atom. The second kappa shape index (κ2) is 6.54. The van der Waals surface area contributed by atoms with Crippen LogP contribution >= 0.6 is 0 Å². The Kier molecular flexibility index (Phi) is 5.35. The highest BCUT2D eigenvalue weighted by atomic mass is 16.5. The van der Waals surface area contributed by atoms with E-state index in [1.54, 1.807) is 0 Å². The number of allylic oxidation sites excluding steroid dienone is 2. The third-order valence-electron chi connectivity index (χ3n) is 6.90. The van der Waals surface area contributed by atoms with Gasteiger partial charge in [0.15, 0.2) is 0 Å².